The first-order valence-corrected chi connectivity index (χ1v) is 11.8. The average molecular weight is 448 g/mol. The molecule has 0 bridgehead atoms. The van der Waals surface area contributed by atoms with Crippen molar-refractivity contribution in [2.75, 3.05) is 52.9 Å². The predicted molar refractivity (Wildman–Crippen MR) is 128 cm³/mol. The zero-order valence-corrected chi connectivity index (χ0v) is 19.4. The van der Waals surface area contributed by atoms with Gasteiger partial charge in [-0.25, -0.2) is 4.79 Å². The van der Waals surface area contributed by atoms with Crippen molar-refractivity contribution < 1.29 is 9.53 Å². The smallest absolute Gasteiger partial charge is 0.317 e. The van der Waals surface area contributed by atoms with Crippen LogP contribution in [-0.4, -0.2) is 73.7 Å². The maximum absolute atomic E-state index is 12.9. The number of carbonyl (C=O) groups is 1. The van der Waals surface area contributed by atoms with E-state index < -0.39 is 0 Å². The molecule has 2 amide bonds. The molecule has 2 saturated heterocycles. The molecule has 1 atom stereocenters. The minimum Gasteiger partial charge on any atom is -0.497 e. The molecule has 2 aromatic carbocycles. The van der Waals surface area contributed by atoms with E-state index in [9.17, 15) is 4.79 Å². The SMILES string of the molecule is COc1ccc(C(CNC(=O)N2CCN(Cc3ccc(C#N)cc3)CC2)N2CCCC2)cc1. The molecule has 7 nitrogen and oxygen atoms in total. The van der Waals surface area contributed by atoms with Crippen LogP contribution in [0.3, 0.4) is 0 Å². The standard InChI is InChI=1S/C26H33N5O2/c1-33-24-10-8-23(9-11-24)25(30-12-2-3-13-30)19-28-26(32)31-16-14-29(15-17-31)20-22-6-4-21(18-27)5-7-22/h4-11,25H,2-3,12-17,19-20H2,1H3,(H,28,32). The summed E-state index contributed by atoms with van der Waals surface area (Å²) in [6.07, 6.45) is 2.42. The van der Waals surface area contributed by atoms with Gasteiger partial charge in [0.05, 0.1) is 24.8 Å². The summed E-state index contributed by atoms with van der Waals surface area (Å²) >= 11 is 0. The number of carbonyl (C=O) groups excluding carboxylic acids is 1. The van der Waals surface area contributed by atoms with Crippen LogP contribution in [-0.2, 0) is 6.54 Å². The summed E-state index contributed by atoms with van der Waals surface area (Å²) in [4.78, 5) is 19.7. The Kier molecular flexibility index (Phi) is 7.82. The summed E-state index contributed by atoms with van der Waals surface area (Å²) in [6.45, 7) is 6.73. The quantitative estimate of drug-likeness (QED) is 0.706. The lowest BCUT2D eigenvalue weighted by atomic mass is 10.1. The number of likely N-dealkylation sites (tertiary alicyclic amines) is 1. The minimum atomic E-state index is 0.0192. The topological polar surface area (TPSA) is 71.8 Å². The molecule has 2 aliphatic heterocycles. The molecule has 0 aromatic heterocycles. The van der Waals surface area contributed by atoms with E-state index in [0.29, 0.717) is 12.1 Å². The molecule has 2 fully saturated rings. The summed E-state index contributed by atoms with van der Waals surface area (Å²) < 4.78 is 5.30. The molecule has 2 aliphatic rings. The second-order valence-corrected chi connectivity index (χ2v) is 8.79. The molecule has 2 heterocycles. The predicted octanol–water partition coefficient (Wildman–Crippen LogP) is 3.23. The maximum Gasteiger partial charge on any atom is 0.317 e. The van der Waals surface area contributed by atoms with Crippen molar-refractivity contribution in [3.8, 4) is 11.8 Å². The van der Waals surface area contributed by atoms with E-state index in [1.807, 2.05) is 41.3 Å². The number of amides is 2. The molecule has 2 aromatic rings. The Morgan fingerprint density at radius 1 is 1.00 bits per heavy atom. The zero-order chi connectivity index (χ0) is 23.0. The van der Waals surface area contributed by atoms with Crippen LogP contribution < -0.4 is 10.1 Å². The first-order chi connectivity index (χ1) is 16.2. The molecule has 33 heavy (non-hydrogen) atoms. The Morgan fingerprint density at radius 2 is 1.67 bits per heavy atom. The van der Waals surface area contributed by atoms with E-state index in [2.05, 4.69) is 33.3 Å². The van der Waals surface area contributed by atoms with E-state index in [0.717, 1.165) is 51.6 Å². The molecule has 174 valence electrons. The highest BCUT2D eigenvalue weighted by Crippen LogP contribution is 2.26. The van der Waals surface area contributed by atoms with E-state index in [4.69, 9.17) is 10.00 Å². The van der Waals surface area contributed by atoms with E-state index in [-0.39, 0.29) is 12.1 Å². The van der Waals surface area contributed by atoms with Gasteiger partial charge in [-0.15, -0.1) is 0 Å². The van der Waals surface area contributed by atoms with Crippen LogP contribution in [0.2, 0.25) is 0 Å². The number of methoxy groups -OCH3 is 1. The first kappa shape index (κ1) is 23.1. The molecule has 7 heteroatoms. The Bertz CT molecular complexity index is 940. The molecule has 1 unspecified atom stereocenters. The van der Waals surface area contributed by atoms with Crippen LogP contribution in [0.25, 0.3) is 0 Å². The van der Waals surface area contributed by atoms with Crippen LogP contribution in [0.4, 0.5) is 4.79 Å². The number of urea groups is 1. The monoisotopic (exact) mass is 447 g/mol. The summed E-state index contributed by atoms with van der Waals surface area (Å²) in [5, 5.41) is 12.1. The van der Waals surface area contributed by atoms with Crippen molar-refractivity contribution in [1.82, 2.24) is 20.0 Å². The lowest BCUT2D eigenvalue weighted by Gasteiger charge is -2.35. The maximum atomic E-state index is 12.9. The van der Waals surface area contributed by atoms with Gasteiger partial charge in [0, 0.05) is 39.3 Å². The van der Waals surface area contributed by atoms with Crippen LogP contribution >= 0.6 is 0 Å². The van der Waals surface area contributed by atoms with Gasteiger partial charge in [-0.1, -0.05) is 24.3 Å². The van der Waals surface area contributed by atoms with Gasteiger partial charge < -0.3 is 15.0 Å². The second kappa shape index (κ2) is 11.2. The molecule has 0 radical (unpaired) electrons. The van der Waals surface area contributed by atoms with Gasteiger partial charge in [0.2, 0.25) is 0 Å². The lowest BCUT2D eigenvalue weighted by Crippen LogP contribution is -2.52. The number of rotatable bonds is 7. The van der Waals surface area contributed by atoms with Gasteiger partial charge >= 0.3 is 6.03 Å². The number of nitrogens with zero attached hydrogens (tertiary/aromatic N) is 4. The van der Waals surface area contributed by atoms with Crippen LogP contribution in [0, 0.1) is 11.3 Å². The van der Waals surface area contributed by atoms with Crippen molar-refractivity contribution in [1.29, 1.82) is 5.26 Å². The highest BCUT2D eigenvalue weighted by atomic mass is 16.5. The fourth-order valence-electron chi connectivity index (χ4n) is 4.68. The molecule has 1 N–H and O–H groups in total. The van der Waals surface area contributed by atoms with E-state index in [1.54, 1.807) is 7.11 Å². The Labute approximate surface area is 196 Å². The van der Waals surface area contributed by atoms with Crippen LogP contribution in [0.5, 0.6) is 5.75 Å². The van der Waals surface area contributed by atoms with Crippen molar-refractivity contribution >= 4 is 6.03 Å². The van der Waals surface area contributed by atoms with Crippen LogP contribution in [0.15, 0.2) is 48.5 Å². The summed E-state index contributed by atoms with van der Waals surface area (Å²) in [6, 6.07) is 18.3. The van der Waals surface area contributed by atoms with Gasteiger partial charge in [0.1, 0.15) is 5.75 Å². The third kappa shape index (κ3) is 6.04. The molecular formula is C26H33N5O2. The van der Waals surface area contributed by atoms with Gasteiger partial charge in [-0.05, 0) is 61.3 Å². The number of hydrogen-bond donors (Lipinski definition) is 1. The zero-order valence-electron chi connectivity index (χ0n) is 19.4. The largest absolute Gasteiger partial charge is 0.497 e. The van der Waals surface area contributed by atoms with Crippen molar-refractivity contribution in [3.05, 3.63) is 65.2 Å². The number of nitriles is 1. The van der Waals surface area contributed by atoms with Crippen LogP contribution in [0.1, 0.15) is 35.6 Å². The third-order valence-electron chi connectivity index (χ3n) is 6.68. The summed E-state index contributed by atoms with van der Waals surface area (Å²) in [5.74, 6) is 0.849. The van der Waals surface area contributed by atoms with E-state index in [1.165, 1.54) is 24.0 Å². The van der Waals surface area contributed by atoms with Crippen molar-refractivity contribution in [3.63, 3.8) is 0 Å². The first-order valence-electron chi connectivity index (χ1n) is 11.8. The Hall–Kier alpha value is -3.08. The van der Waals surface area contributed by atoms with Gasteiger partial charge in [-0.2, -0.15) is 5.26 Å². The second-order valence-electron chi connectivity index (χ2n) is 8.79. The molecule has 0 spiro atoms. The third-order valence-corrected chi connectivity index (χ3v) is 6.68. The number of benzene rings is 2. The van der Waals surface area contributed by atoms with Crippen molar-refractivity contribution in [2.45, 2.75) is 25.4 Å². The summed E-state index contributed by atoms with van der Waals surface area (Å²) in [7, 11) is 1.68. The Balaban J connectivity index is 1.28. The molecule has 0 aliphatic carbocycles. The Morgan fingerprint density at radius 3 is 2.27 bits per heavy atom. The van der Waals surface area contributed by atoms with Crippen molar-refractivity contribution in [2.24, 2.45) is 0 Å². The normalized spacial score (nSPS) is 18.0. The van der Waals surface area contributed by atoms with Gasteiger partial charge in [0.15, 0.2) is 0 Å². The molecule has 0 saturated carbocycles. The fourth-order valence-corrected chi connectivity index (χ4v) is 4.68. The van der Waals surface area contributed by atoms with Gasteiger partial charge in [0.25, 0.3) is 0 Å². The number of ether oxygens (including phenoxy) is 1. The minimum absolute atomic E-state index is 0.0192. The van der Waals surface area contributed by atoms with Gasteiger partial charge in [-0.3, -0.25) is 9.80 Å². The summed E-state index contributed by atoms with van der Waals surface area (Å²) in [5.41, 5.74) is 3.09. The molecular weight excluding hydrogens is 414 g/mol. The lowest BCUT2D eigenvalue weighted by molar-refractivity contribution is 0.132. The number of hydrogen-bond acceptors (Lipinski definition) is 5. The van der Waals surface area contributed by atoms with E-state index >= 15 is 0 Å². The number of nitrogens with one attached hydrogen (secondary N) is 1. The number of piperazine rings is 1. The highest BCUT2D eigenvalue weighted by molar-refractivity contribution is 5.74. The molecule has 4 rings (SSSR count). The highest BCUT2D eigenvalue weighted by Gasteiger charge is 2.26. The fraction of sp³-hybridized carbons (Fsp3) is 0.462. The average Bonchev–Trinajstić information content (AvgIpc) is 3.40.